The van der Waals surface area contributed by atoms with Crippen LogP contribution < -0.4 is 0 Å². The Morgan fingerprint density at radius 2 is 2.09 bits per heavy atom. The van der Waals surface area contributed by atoms with E-state index in [0.29, 0.717) is 0 Å². The molecule has 3 nitrogen and oxygen atoms in total. The Hall–Kier alpha value is -0.120. The third kappa shape index (κ3) is 7.78. The standard InChI is InChI=1S/C4H8O2.C4H10O/c5-4-2-1-3-6-4;1-3-5-4-2/h4-5H,1-3H2;3-4H2,1-2H3. The van der Waals surface area contributed by atoms with Crippen molar-refractivity contribution < 1.29 is 14.6 Å². The maximum Gasteiger partial charge on any atom is 0.154 e. The van der Waals surface area contributed by atoms with Crippen molar-refractivity contribution >= 4 is 0 Å². The third-order valence-electron chi connectivity index (χ3n) is 1.31. The van der Waals surface area contributed by atoms with E-state index < -0.39 is 6.29 Å². The fraction of sp³-hybridized carbons (Fsp3) is 1.00. The van der Waals surface area contributed by atoms with Crippen LogP contribution in [0.1, 0.15) is 26.7 Å². The van der Waals surface area contributed by atoms with Crippen LogP contribution >= 0.6 is 0 Å². The van der Waals surface area contributed by atoms with Gasteiger partial charge in [-0.1, -0.05) is 0 Å². The molecule has 0 aromatic heterocycles. The first-order valence-corrected chi connectivity index (χ1v) is 4.18. The number of aliphatic hydroxyl groups is 1. The molecule has 0 spiro atoms. The first-order valence-electron chi connectivity index (χ1n) is 4.18. The largest absolute Gasteiger partial charge is 0.382 e. The first-order chi connectivity index (χ1) is 5.31. The van der Waals surface area contributed by atoms with Crippen molar-refractivity contribution in [1.82, 2.24) is 0 Å². The molecule has 1 fully saturated rings. The highest BCUT2D eigenvalue weighted by Crippen LogP contribution is 2.06. The maximum absolute atomic E-state index is 8.51. The summed E-state index contributed by atoms with van der Waals surface area (Å²) >= 11 is 0. The van der Waals surface area contributed by atoms with E-state index in [0.717, 1.165) is 32.7 Å². The number of ether oxygens (including phenoxy) is 2. The van der Waals surface area contributed by atoms with Gasteiger partial charge < -0.3 is 14.6 Å². The molecule has 1 N–H and O–H groups in total. The average molecular weight is 162 g/mol. The smallest absolute Gasteiger partial charge is 0.154 e. The second kappa shape index (κ2) is 7.98. The minimum absolute atomic E-state index is 0.454. The van der Waals surface area contributed by atoms with Crippen molar-refractivity contribution in [3.05, 3.63) is 0 Å². The molecule has 0 aromatic rings. The molecule has 1 heterocycles. The fourth-order valence-corrected chi connectivity index (χ4v) is 0.765. The fourth-order valence-electron chi connectivity index (χ4n) is 0.765. The predicted octanol–water partition coefficient (Wildman–Crippen LogP) is 1.16. The van der Waals surface area contributed by atoms with E-state index in [9.17, 15) is 0 Å². The molecule has 68 valence electrons. The van der Waals surface area contributed by atoms with E-state index in [2.05, 4.69) is 0 Å². The van der Waals surface area contributed by atoms with Crippen molar-refractivity contribution in [2.75, 3.05) is 19.8 Å². The molecule has 1 unspecified atom stereocenters. The van der Waals surface area contributed by atoms with E-state index >= 15 is 0 Å². The molecule has 3 heteroatoms. The van der Waals surface area contributed by atoms with Crippen LogP contribution in [0, 0.1) is 0 Å². The number of hydrogen-bond acceptors (Lipinski definition) is 3. The second-order valence-electron chi connectivity index (χ2n) is 2.25. The highest BCUT2D eigenvalue weighted by molar-refractivity contribution is 4.49. The lowest BCUT2D eigenvalue weighted by molar-refractivity contribution is -0.0589. The van der Waals surface area contributed by atoms with Gasteiger partial charge in [0.15, 0.2) is 6.29 Å². The number of rotatable bonds is 2. The lowest BCUT2D eigenvalue weighted by Gasteiger charge is -1.93. The summed E-state index contributed by atoms with van der Waals surface area (Å²) in [7, 11) is 0. The zero-order chi connectivity index (χ0) is 8.53. The van der Waals surface area contributed by atoms with Crippen LogP contribution in [0.4, 0.5) is 0 Å². The van der Waals surface area contributed by atoms with Crippen molar-refractivity contribution in [2.45, 2.75) is 33.0 Å². The zero-order valence-corrected chi connectivity index (χ0v) is 7.38. The molecule has 11 heavy (non-hydrogen) atoms. The Bertz CT molecular complexity index is 67.7. The van der Waals surface area contributed by atoms with Crippen molar-refractivity contribution in [1.29, 1.82) is 0 Å². The van der Waals surface area contributed by atoms with Gasteiger partial charge in [0.1, 0.15) is 0 Å². The average Bonchev–Trinajstić information content (AvgIpc) is 2.43. The summed E-state index contributed by atoms with van der Waals surface area (Å²) in [5.41, 5.74) is 0. The van der Waals surface area contributed by atoms with Gasteiger partial charge in [-0.15, -0.1) is 0 Å². The molecule has 0 aliphatic carbocycles. The van der Waals surface area contributed by atoms with Gasteiger partial charge in [0, 0.05) is 26.2 Å². The lowest BCUT2D eigenvalue weighted by Crippen LogP contribution is -1.99. The molecule has 1 aliphatic heterocycles. The van der Waals surface area contributed by atoms with E-state index in [4.69, 9.17) is 14.6 Å². The van der Waals surface area contributed by atoms with Crippen LogP contribution in [0.15, 0.2) is 0 Å². The summed E-state index contributed by atoms with van der Waals surface area (Å²) in [5.74, 6) is 0. The van der Waals surface area contributed by atoms with Crippen LogP contribution in [-0.2, 0) is 9.47 Å². The van der Waals surface area contributed by atoms with Gasteiger partial charge in [0.2, 0.25) is 0 Å². The molecule has 1 aliphatic rings. The maximum atomic E-state index is 8.51. The molecule has 1 rings (SSSR count). The SMILES string of the molecule is CCOCC.OC1CCCO1. The summed E-state index contributed by atoms with van der Waals surface area (Å²) < 4.78 is 9.54. The Balaban J connectivity index is 0.000000187. The predicted molar refractivity (Wildman–Crippen MR) is 43.4 cm³/mol. The van der Waals surface area contributed by atoms with Gasteiger partial charge in [0.25, 0.3) is 0 Å². The van der Waals surface area contributed by atoms with E-state index in [1.165, 1.54) is 0 Å². The van der Waals surface area contributed by atoms with E-state index in [1.807, 2.05) is 13.8 Å². The van der Waals surface area contributed by atoms with Gasteiger partial charge >= 0.3 is 0 Å². The Morgan fingerprint density at radius 3 is 2.18 bits per heavy atom. The quantitative estimate of drug-likeness (QED) is 0.662. The lowest BCUT2D eigenvalue weighted by atomic mass is 10.4. The van der Waals surface area contributed by atoms with Gasteiger partial charge in [-0.3, -0.25) is 0 Å². The summed E-state index contributed by atoms with van der Waals surface area (Å²) in [4.78, 5) is 0. The van der Waals surface area contributed by atoms with Gasteiger partial charge in [-0.25, -0.2) is 0 Å². The van der Waals surface area contributed by atoms with Crippen LogP contribution in [0.2, 0.25) is 0 Å². The monoisotopic (exact) mass is 162 g/mol. The van der Waals surface area contributed by atoms with Gasteiger partial charge in [-0.2, -0.15) is 0 Å². The van der Waals surface area contributed by atoms with E-state index in [-0.39, 0.29) is 0 Å². The molecule has 0 saturated carbocycles. The van der Waals surface area contributed by atoms with Crippen LogP contribution in [0.5, 0.6) is 0 Å². The summed E-state index contributed by atoms with van der Waals surface area (Å²) in [6.45, 7) is 6.40. The van der Waals surface area contributed by atoms with Crippen molar-refractivity contribution in [2.24, 2.45) is 0 Å². The van der Waals surface area contributed by atoms with Gasteiger partial charge in [0.05, 0.1) is 0 Å². The normalized spacial score (nSPS) is 22.6. The Morgan fingerprint density at radius 1 is 1.45 bits per heavy atom. The molecule has 1 atom stereocenters. The highest BCUT2D eigenvalue weighted by Gasteiger charge is 2.09. The molecule has 0 aromatic carbocycles. The summed E-state index contributed by atoms with van der Waals surface area (Å²) in [5, 5.41) is 8.51. The highest BCUT2D eigenvalue weighted by atomic mass is 16.6. The van der Waals surface area contributed by atoms with Crippen LogP contribution in [0.3, 0.4) is 0 Å². The minimum Gasteiger partial charge on any atom is -0.382 e. The number of hydrogen-bond donors (Lipinski definition) is 1. The Labute approximate surface area is 68.3 Å². The van der Waals surface area contributed by atoms with Crippen molar-refractivity contribution in [3.63, 3.8) is 0 Å². The Kier molecular flexibility index (Phi) is 7.89. The molecule has 0 radical (unpaired) electrons. The molecular formula is C8H18O3. The minimum atomic E-state index is -0.454. The molecule has 0 amide bonds. The second-order valence-corrected chi connectivity index (χ2v) is 2.25. The molecular weight excluding hydrogens is 144 g/mol. The van der Waals surface area contributed by atoms with Crippen LogP contribution in [0.25, 0.3) is 0 Å². The third-order valence-corrected chi connectivity index (χ3v) is 1.31. The molecule has 0 bridgehead atoms. The molecule has 1 saturated heterocycles. The van der Waals surface area contributed by atoms with E-state index in [1.54, 1.807) is 0 Å². The zero-order valence-electron chi connectivity index (χ0n) is 7.38. The summed E-state index contributed by atoms with van der Waals surface area (Å²) in [6.07, 6.45) is 1.38. The van der Waals surface area contributed by atoms with Crippen LogP contribution in [-0.4, -0.2) is 31.2 Å². The van der Waals surface area contributed by atoms with Crippen molar-refractivity contribution in [3.8, 4) is 0 Å². The summed E-state index contributed by atoms with van der Waals surface area (Å²) in [6, 6.07) is 0. The topological polar surface area (TPSA) is 38.7 Å². The van der Waals surface area contributed by atoms with Gasteiger partial charge in [-0.05, 0) is 20.3 Å². The first kappa shape index (κ1) is 10.9. The number of aliphatic hydroxyl groups excluding tert-OH is 1.